The van der Waals surface area contributed by atoms with Crippen molar-refractivity contribution in [2.75, 3.05) is 9.80 Å². The molecule has 18 rings (SSSR count). The lowest BCUT2D eigenvalue weighted by atomic mass is 9.78. The molecule has 0 saturated heterocycles. The Hall–Kier alpha value is -10.5. The summed E-state index contributed by atoms with van der Waals surface area (Å²) >= 11 is 1.89. The molecule has 3 aliphatic carbocycles. The molecule has 13 aromatic carbocycles. The minimum Gasteiger partial charge on any atom is -0.482 e. The first kappa shape index (κ1) is 59.0. The van der Waals surface area contributed by atoms with Crippen molar-refractivity contribution in [1.29, 1.82) is 0 Å². The van der Waals surface area contributed by atoms with Gasteiger partial charge in [0.1, 0.15) is 11.4 Å². The predicted molar refractivity (Wildman–Crippen MR) is 412 cm³/mol. The molecule has 0 radical (unpaired) electrons. The zero-order chi connectivity index (χ0) is 64.4. The van der Waals surface area contributed by atoms with Crippen molar-refractivity contribution >= 4 is 92.8 Å². The maximum absolute atomic E-state index is 7.01. The van der Waals surface area contributed by atoms with Crippen LogP contribution in [0.2, 0.25) is 0 Å². The molecule has 1 aliphatic heterocycles. The number of anilines is 6. The second-order valence-electron chi connectivity index (χ2n) is 27.6. The SMILES string of the molecule is CC12C=C(c3ccc(-c4cc(C5CCCCC5)c5c(-c6ccccc6N(c6ccccc6)c6ccccc6-c6cccc7c6sc6ccccc67)cccc5c4)cc3N(c3ccccc3)c3ccccc3-c3cccc4cccc(C5CCCCC5)c34)C=CC1c1ccccc1O2. The molecule has 4 aliphatic rings. The number of hydrogen-bond acceptors (Lipinski definition) is 4. The van der Waals surface area contributed by atoms with Gasteiger partial charge in [-0.05, 0) is 178 Å². The first-order valence-corrected chi connectivity index (χ1v) is 36.1. The molecule has 2 fully saturated rings. The van der Waals surface area contributed by atoms with Crippen molar-refractivity contribution in [3.05, 3.63) is 326 Å². The quantitative estimate of drug-likeness (QED) is 0.114. The number of rotatable bonds is 13. The summed E-state index contributed by atoms with van der Waals surface area (Å²) in [6, 6.07) is 107. The number of fused-ring (bicyclic) bond motifs is 8. The average Bonchev–Trinajstić information content (AvgIpc) is 1.63. The van der Waals surface area contributed by atoms with Crippen LogP contribution < -0.4 is 14.5 Å². The highest BCUT2D eigenvalue weighted by Crippen LogP contribution is 2.55. The molecule has 0 N–H and O–H groups in total. The molecule has 97 heavy (non-hydrogen) atoms. The van der Waals surface area contributed by atoms with E-state index >= 15 is 0 Å². The summed E-state index contributed by atoms with van der Waals surface area (Å²) in [5.41, 5.74) is 22.5. The van der Waals surface area contributed by atoms with Crippen molar-refractivity contribution in [1.82, 2.24) is 0 Å². The number of ether oxygens (including phenoxy) is 1. The van der Waals surface area contributed by atoms with E-state index in [9.17, 15) is 0 Å². The van der Waals surface area contributed by atoms with Gasteiger partial charge >= 0.3 is 0 Å². The monoisotopic (exact) mass is 1270 g/mol. The summed E-state index contributed by atoms with van der Waals surface area (Å²) in [4.78, 5) is 5.09. The Labute approximate surface area is 573 Å². The maximum atomic E-state index is 7.01. The van der Waals surface area contributed by atoms with E-state index in [1.165, 1.54) is 154 Å². The van der Waals surface area contributed by atoms with Gasteiger partial charge in [0.15, 0.2) is 0 Å². The zero-order valence-corrected chi connectivity index (χ0v) is 55.7. The molecule has 3 nitrogen and oxygen atoms in total. The third-order valence-corrected chi connectivity index (χ3v) is 23.0. The largest absolute Gasteiger partial charge is 0.482 e. The van der Waals surface area contributed by atoms with Gasteiger partial charge in [-0.1, -0.05) is 269 Å². The Morgan fingerprint density at radius 1 is 0.371 bits per heavy atom. The summed E-state index contributed by atoms with van der Waals surface area (Å²) in [5, 5.41) is 7.89. The van der Waals surface area contributed by atoms with Gasteiger partial charge in [-0.3, -0.25) is 0 Å². The van der Waals surface area contributed by atoms with Crippen LogP contribution >= 0.6 is 11.3 Å². The zero-order valence-electron chi connectivity index (χ0n) is 54.9. The number of para-hydroxylation sites is 6. The molecule has 0 spiro atoms. The van der Waals surface area contributed by atoms with Gasteiger partial charge in [-0.2, -0.15) is 0 Å². The molecule has 14 aromatic rings. The molecule has 0 bridgehead atoms. The molecule has 1 aromatic heterocycles. The number of nitrogens with zero attached hydrogens (tertiary/aromatic N) is 2. The van der Waals surface area contributed by atoms with Crippen LogP contribution in [0.25, 0.3) is 91.8 Å². The van der Waals surface area contributed by atoms with Gasteiger partial charge in [0.25, 0.3) is 0 Å². The highest BCUT2D eigenvalue weighted by Gasteiger charge is 2.44. The normalized spacial score (nSPS) is 17.1. The smallest absolute Gasteiger partial charge is 0.136 e. The highest BCUT2D eigenvalue weighted by atomic mass is 32.1. The topological polar surface area (TPSA) is 15.7 Å². The van der Waals surface area contributed by atoms with Gasteiger partial charge in [-0.15, -0.1) is 11.3 Å². The highest BCUT2D eigenvalue weighted by molar-refractivity contribution is 7.26. The molecule has 0 amide bonds. The molecule has 2 heterocycles. The van der Waals surface area contributed by atoms with Crippen LogP contribution in [-0.2, 0) is 0 Å². The van der Waals surface area contributed by atoms with E-state index in [1.807, 2.05) is 11.3 Å². The van der Waals surface area contributed by atoms with Gasteiger partial charge in [0.2, 0.25) is 0 Å². The summed E-state index contributed by atoms with van der Waals surface area (Å²) in [5.74, 6) is 1.99. The Balaban J connectivity index is 0.834. The van der Waals surface area contributed by atoms with Crippen molar-refractivity contribution in [3.8, 4) is 50.3 Å². The average molecular weight is 1270 g/mol. The molecule has 2 unspecified atom stereocenters. The van der Waals surface area contributed by atoms with Crippen LogP contribution in [-0.4, -0.2) is 5.60 Å². The minimum absolute atomic E-state index is 0.101. The van der Waals surface area contributed by atoms with Crippen molar-refractivity contribution in [2.45, 2.75) is 94.5 Å². The second-order valence-corrected chi connectivity index (χ2v) is 28.6. The summed E-state index contributed by atoms with van der Waals surface area (Å²) in [6.45, 7) is 2.27. The van der Waals surface area contributed by atoms with Crippen LogP contribution in [0.15, 0.2) is 303 Å². The Bertz CT molecular complexity index is 5390. The Kier molecular flexibility index (Phi) is 15.2. The molecule has 4 heteroatoms. The third-order valence-electron chi connectivity index (χ3n) is 21.8. The summed E-state index contributed by atoms with van der Waals surface area (Å²) < 4.78 is 9.63. The molecular formula is C93H76N2OS. The second kappa shape index (κ2) is 24.9. The van der Waals surface area contributed by atoms with Crippen LogP contribution in [0.3, 0.4) is 0 Å². The van der Waals surface area contributed by atoms with Crippen LogP contribution in [0.4, 0.5) is 34.1 Å². The van der Waals surface area contributed by atoms with E-state index in [0.29, 0.717) is 11.8 Å². The van der Waals surface area contributed by atoms with E-state index in [4.69, 9.17) is 4.74 Å². The number of hydrogen-bond donors (Lipinski definition) is 0. The van der Waals surface area contributed by atoms with Gasteiger partial charge in [0.05, 0.1) is 22.7 Å². The number of thiophene rings is 1. The summed E-state index contributed by atoms with van der Waals surface area (Å²) in [7, 11) is 0. The predicted octanol–water partition coefficient (Wildman–Crippen LogP) is 27.0. The fourth-order valence-electron chi connectivity index (χ4n) is 17.3. The Morgan fingerprint density at radius 3 is 1.56 bits per heavy atom. The van der Waals surface area contributed by atoms with E-state index < -0.39 is 5.60 Å². The molecular weight excluding hydrogens is 1190 g/mol. The van der Waals surface area contributed by atoms with Gasteiger partial charge in [0, 0.05) is 70.8 Å². The van der Waals surface area contributed by atoms with E-state index in [2.05, 4.69) is 320 Å². The van der Waals surface area contributed by atoms with Gasteiger partial charge in [-0.25, -0.2) is 0 Å². The van der Waals surface area contributed by atoms with Crippen LogP contribution in [0, 0.1) is 0 Å². The van der Waals surface area contributed by atoms with Crippen LogP contribution in [0.1, 0.15) is 111 Å². The van der Waals surface area contributed by atoms with E-state index in [1.54, 1.807) is 0 Å². The van der Waals surface area contributed by atoms with Gasteiger partial charge < -0.3 is 14.5 Å². The fourth-order valence-corrected chi connectivity index (χ4v) is 18.5. The third kappa shape index (κ3) is 10.5. The first-order valence-electron chi connectivity index (χ1n) is 35.3. The van der Waals surface area contributed by atoms with Crippen molar-refractivity contribution in [2.24, 2.45) is 0 Å². The lowest BCUT2D eigenvalue weighted by Gasteiger charge is -2.33. The van der Waals surface area contributed by atoms with Crippen molar-refractivity contribution < 1.29 is 4.74 Å². The standard InChI is InChI=1S/C93H76N2OS/c1-93-61-67(55-57-83(93)81-43-17-22-52-88(81)96-93)71-56-54-65(60-87(71)95(70-37-12-5-13-38-70)85-50-20-15-39-73(85)77-45-25-33-64-32-24-44-72(90(64)77)62-28-6-2-7-29-62)68-58-66-34-26-46-78(91(66)82(59-68)63-30-8-3-9-31-63)74-40-14-19-49-84(74)94(69-35-10-4-11-36-69)86-51-21-16-41-75(86)79-47-27-48-80-76-42-18-23-53-89(76)97-92(79)80/h4-5,10-27,32-63,83H,2-3,6-9,28-31H2,1H3. The molecule has 2 atom stereocenters. The van der Waals surface area contributed by atoms with Crippen LogP contribution in [0.5, 0.6) is 5.75 Å². The lowest BCUT2D eigenvalue weighted by Crippen LogP contribution is -2.33. The van der Waals surface area contributed by atoms with E-state index in [0.717, 1.165) is 63.9 Å². The minimum atomic E-state index is -0.572. The Morgan fingerprint density at radius 2 is 0.876 bits per heavy atom. The summed E-state index contributed by atoms with van der Waals surface area (Å²) in [6.07, 6.45) is 19.6. The lowest BCUT2D eigenvalue weighted by molar-refractivity contribution is 0.156. The molecule has 2 saturated carbocycles. The maximum Gasteiger partial charge on any atom is 0.136 e. The molecule has 470 valence electrons. The fraction of sp³-hybridized carbons (Fsp3) is 0.161. The number of benzene rings is 13. The number of allylic oxidation sites excluding steroid dienone is 2. The van der Waals surface area contributed by atoms with Crippen molar-refractivity contribution in [3.63, 3.8) is 0 Å². The van der Waals surface area contributed by atoms with E-state index in [-0.39, 0.29) is 5.92 Å². The first-order chi connectivity index (χ1) is 48.0.